The number of nitrogens with zero attached hydrogens (tertiary/aromatic N) is 5. The first kappa shape index (κ1) is 95.6. The highest BCUT2D eigenvalue weighted by Gasteiger charge is 2.32. The van der Waals surface area contributed by atoms with Crippen LogP contribution in [0.3, 0.4) is 0 Å². The van der Waals surface area contributed by atoms with Gasteiger partial charge in [-0.25, -0.2) is 43.9 Å². The summed E-state index contributed by atoms with van der Waals surface area (Å²) in [6.45, 7) is 12.3. The summed E-state index contributed by atoms with van der Waals surface area (Å²) >= 11 is 0. The van der Waals surface area contributed by atoms with E-state index >= 15 is 0 Å². The summed E-state index contributed by atoms with van der Waals surface area (Å²) < 4.78 is 146. The number of aromatic hydroxyl groups is 5. The largest absolute Gasteiger partial charge is 0.505 e. The summed E-state index contributed by atoms with van der Waals surface area (Å²) in [5.41, 5.74) is 9.26. The number of phenolic OH excluding ortho intramolecular Hbond substituents is 5. The maximum absolute atomic E-state index is 14.7. The SMILES string of the molecule is CCCNC(=O)Cc1c(C)n(C(=O)c2cccc(F)c2)c2ccc(O)c(F)c12.CCNC(=O)Cc1c(C)n(C(=O)c2cccc(F)c2)c2ccc(O)c(F)c12.CNC(=O)Cc1c(C)n(C(=O)c2cccc(F)c2)c2ccc(O)c(F)c12.Cc1c(CC(=O)O)c2c(F)c(O)ccc2n1C(=O)c1cccc(F)c1.Cc1c(CC(N)=O)c2c(F)c(O)ccc2n1C(=O)c1cccc(F)c1. The maximum Gasteiger partial charge on any atom is 0.307 e. The first-order valence-corrected chi connectivity index (χ1v) is 40.0. The van der Waals surface area contributed by atoms with Crippen molar-refractivity contribution in [2.45, 2.75) is 87.0 Å². The van der Waals surface area contributed by atoms with E-state index in [2.05, 4.69) is 16.0 Å². The molecular formula is C96H81F10N9O16. The Balaban J connectivity index is 0.000000158. The zero-order valence-corrected chi connectivity index (χ0v) is 70.8. The molecule has 0 aliphatic carbocycles. The lowest BCUT2D eigenvalue weighted by Crippen LogP contribution is -2.26. The van der Waals surface area contributed by atoms with Gasteiger partial charge in [-0.1, -0.05) is 37.3 Å². The van der Waals surface area contributed by atoms with E-state index in [1.807, 2.05) is 6.92 Å². The first-order chi connectivity index (χ1) is 62.2. The minimum atomic E-state index is -1.21. The highest BCUT2D eigenvalue weighted by atomic mass is 19.2. The quantitative estimate of drug-likeness (QED) is 0.0357. The summed E-state index contributed by atoms with van der Waals surface area (Å²) in [7, 11) is 1.45. The average Bonchev–Trinajstić information content (AvgIpc) is 1.62. The molecule has 4 amide bonds. The fourth-order valence-electron chi connectivity index (χ4n) is 15.2. The molecule has 10 aromatic carbocycles. The van der Waals surface area contributed by atoms with Crippen molar-refractivity contribution in [1.29, 1.82) is 0 Å². The fourth-order valence-corrected chi connectivity index (χ4v) is 15.2. The maximum atomic E-state index is 14.7. The van der Waals surface area contributed by atoms with Crippen LogP contribution < -0.4 is 21.7 Å². The number of nitrogens with two attached hydrogens (primary N) is 1. The van der Waals surface area contributed by atoms with Crippen LogP contribution in [0.1, 0.15) is 128 Å². The molecule has 15 aromatic rings. The van der Waals surface area contributed by atoms with Crippen LogP contribution in [0.2, 0.25) is 0 Å². The van der Waals surface area contributed by atoms with Gasteiger partial charge in [-0.05, 0) is 227 Å². The van der Waals surface area contributed by atoms with Crippen LogP contribution in [0, 0.1) is 92.8 Å². The minimum Gasteiger partial charge on any atom is -0.505 e. The molecule has 0 saturated carbocycles. The number of carbonyl (C=O) groups excluding carboxylic acids is 9. The topological polar surface area (TPSA) is 379 Å². The second kappa shape index (κ2) is 40.3. The molecule has 15 rings (SSSR count). The number of carbonyl (C=O) groups is 10. The number of nitrogens with one attached hydrogen (secondary N) is 3. The predicted molar refractivity (Wildman–Crippen MR) is 464 cm³/mol. The lowest BCUT2D eigenvalue weighted by Gasteiger charge is -2.08. The van der Waals surface area contributed by atoms with Crippen molar-refractivity contribution >= 4 is 114 Å². The Kier molecular flexibility index (Phi) is 29.4. The number of aromatic nitrogens is 5. The van der Waals surface area contributed by atoms with Gasteiger partial charge in [0.1, 0.15) is 29.1 Å². The lowest BCUT2D eigenvalue weighted by molar-refractivity contribution is -0.136. The zero-order chi connectivity index (χ0) is 95.7. The van der Waals surface area contributed by atoms with Crippen molar-refractivity contribution in [2.75, 3.05) is 20.1 Å². The van der Waals surface area contributed by atoms with E-state index in [0.29, 0.717) is 47.0 Å². The smallest absolute Gasteiger partial charge is 0.307 e. The summed E-state index contributed by atoms with van der Waals surface area (Å²) in [5, 5.41) is 65.2. The molecule has 11 N–H and O–H groups in total. The van der Waals surface area contributed by atoms with Crippen LogP contribution in [0.15, 0.2) is 182 Å². The van der Waals surface area contributed by atoms with Crippen molar-refractivity contribution in [3.05, 3.63) is 324 Å². The molecule has 0 aliphatic rings. The molecule has 5 aromatic heterocycles. The highest BCUT2D eigenvalue weighted by molar-refractivity contribution is 6.10. The number of benzene rings is 10. The molecule has 0 unspecified atom stereocenters. The number of fused-ring (bicyclic) bond motifs is 5. The van der Waals surface area contributed by atoms with Crippen LogP contribution in [0.5, 0.6) is 28.7 Å². The number of phenols is 5. The number of rotatable bonds is 18. The van der Waals surface area contributed by atoms with E-state index in [9.17, 15) is 117 Å². The number of likely N-dealkylation sites (N-methyl/N-ethyl adjacent to an activating group) is 2. The van der Waals surface area contributed by atoms with Crippen molar-refractivity contribution in [3.63, 3.8) is 0 Å². The molecule has 5 heterocycles. The second-order valence-electron chi connectivity index (χ2n) is 29.8. The van der Waals surface area contributed by atoms with Gasteiger partial charge in [-0.3, -0.25) is 70.8 Å². The standard InChI is InChI=1S/C21H20F2N2O3.C20H18F2N2O3.C19H16F2N2O3.C18H14F2N2O3.C18H13F2NO4/c1-3-9-24-18(27)11-15-12(2)25(16-7-8-17(26)20(23)19(15)16)21(28)13-5-4-6-14(22)10-13;1-3-23-17(26)10-14-11(2)24(15-7-8-16(25)19(22)18(14)15)20(27)12-5-4-6-13(21)9-12;1-10-13(9-16(25)22-2)17-14(6-7-15(24)18(17)21)23(10)19(26)11-4-3-5-12(20)8-11;1-9-12(8-15(21)24)16-13(5-6-14(23)17(16)20)22(9)18(25)10-3-2-4-11(19)7-10;1-9-12(8-15(23)24)16-13(5-6-14(22)17(16)20)21(9)18(25)10-3-2-4-11(19)7-10/h4-8,10,26H,3,9,11H2,1-2H3,(H,24,27);4-9,25H,3,10H2,1-2H3,(H,23,26);3-8,24H,9H2,1-2H3,(H,22,25);2-7,23H,8H2,1H3,(H2,21,24);2-7,22H,8H2,1H3,(H,23,24). The van der Waals surface area contributed by atoms with Crippen molar-refractivity contribution in [2.24, 2.45) is 5.73 Å². The van der Waals surface area contributed by atoms with E-state index in [0.717, 1.165) is 71.7 Å². The normalized spacial score (nSPS) is 11.0. The monoisotopic (exact) mass is 1810 g/mol. The van der Waals surface area contributed by atoms with Crippen LogP contribution in [0.25, 0.3) is 54.5 Å². The van der Waals surface area contributed by atoms with Crippen molar-refractivity contribution in [3.8, 4) is 28.7 Å². The van der Waals surface area contributed by atoms with Gasteiger partial charge in [0.2, 0.25) is 23.6 Å². The predicted octanol–water partition coefficient (Wildman–Crippen LogP) is 15.8. The third-order valence-corrected chi connectivity index (χ3v) is 21.4. The molecule has 131 heavy (non-hydrogen) atoms. The molecule has 35 heteroatoms. The molecular weight excluding hydrogens is 1730 g/mol. The number of halogens is 10. The molecule has 0 atom stereocenters. The fraction of sp³-hybridized carbons (Fsp3) is 0.167. The molecule has 676 valence electrons. The Hall–Kier alpha value is -16.1. The van der Waals surface area contributed by atoms with Gasteiger partial charge in [-0.15, -0.1) is 0 Å². The molecule has 0 bridgehead atoms. The number of aliphatic carboxylic acids is 1. The minimum absolute atomic E-state index is 0.00325. The Morgan fingerprint density at radius 2 is 0.534 bits per heavy atom. The summed E-state index contributed by atoms with van der Waals surface area (Å²) in [6, 6.07) is 38.1. The van der Waals surface area contributed by atoms with Crippen LogP contribution in [-0.2, 0) is 56.1 Å². The number of hydrogen-bond donors (Lipinski definition) is 10. The molecule has 0 aliphatic heterocycles. The Bertz CT molecular complexity index is 7000. The Morgan fingerprint density at radius 1 is 0.313 bits per heavy atom. The number of primary amides is 1. The number of carboxylic acids is 1. The zero-order valence-electron chi connectivity index (χ0n) is 70.8. The van der Waals surface area contributed by atoms with E-state index in [-0.39, 0.29) is 148 Å². The van der Waals surface area contributed by atoms with Crippen molar-refractivity contribution in [1.82, 2.24) is 38.8 Å². The third-order valence-electron chi connectivity index (χ3n) is 21.4. The molecule has 0 saturated heterocycles. The Labute approximate surface area is 737 Å². The van der Waals surface area contributed by atoms with Crippen LogP contribution in [-0.4, -0.2) is 133 Å². The second-order valence-corrected chi connectivity index (χ2v) is 29.8. The number of hydrogen-bond acceptors (Lipinski definition) is 15. The summed E-state index contributed by atoms with van der Waals surface area (Å²) in [4.78, 5) is 123. The van der Waals surface area contributed by atoms with Gasteiger partial charge >= 0.3 is 5.97 Å². The van der Waals surface area contributed by atoms with E-state index in [4.69, 9.17) is 10.8 Å². The van der Waals surface area contributed by atoms with Gasteiger partial charge in [0, 0.05) is 103 Å². The van der Waals surface area contributed by atoms with E-state index in [1.165, 1.54) is 160 Å². The van der Waals surface area contributed by atoms with E-state index < -0.39 is 135 Å². The van der Waals surface area contributed by atoms with Crippen LogP contribution in [0.4, 0.5) is 43.9 Å². The Morgan fingerprint density at radius 3 is 0.740 bits per heavy atom. The summed E-state index contributed by atoms with van der Waals surface area (Å²) in [6.07, 6.45) is -0.535. The van der Waals surface area contributed by atoms with Gasteiger partial charge < -0.3 is 52.3 Å². The number of carboxylic acid groups (broad SMARTS) is 1. The molecule has 0 radical (unpaired) electrons. The van der Waals surface area contributed by atoms with Gasteiger partial charge in [-0.2, -0.15) is 0 Å². The van der Waals surface area contributed by atoms with E-state index in [1.54, 1.807) is 27.7 Å². The van der Waals surface area contributed by atoms with Crippen molar-refractivity contribution < 1.29 is 122 Å². The third kappa shape index (κ3) is 19.9. The first-order valence-electron chi connectivity index (χ1n) is 40.0. The van der Waals surface area contributed by atoms with Gasteiger partial charge in [0.25, 0.3) is 29.5 Å². The molecule has 25 nitrogen and oxygen atoms in total. The molecule has 0 fully saturated rings. The van der Waals surface area contributed by atoms with Crippen LogP contribution >= 0.6 is 0 Å². The molecule has 0 spiro atoms. The van der Waals surface area contributed by atoms with Gasteiger partial charge in [0.05, 0.1) is 59.7 Å². The summed E-state index contributed by atoms with van der Waals surface area (Å²) in [5.74, 6) is -16.3. The highest BCUT2D eigenvalue weighted by Crippen LogP contribution is 2.40. The average molecular weight is 1810 g/mol. The lowest BCUT2D eigenvalue weighted by atomic mass is 10.1. The number of amides is 4. The van der Waals surface area contributed by atoms with Gasteiger partial charge in [0.15, 0.2) is 57.8 Å².